The summed E-state index contributed by atoms with van der Waals surface area (Å²) in [5.41, 5.74) is 2.37. The van der Waals surface area contributed by atoms with Crippen molar-refractivity contribution >= 4 is 23.5 Å². The summed E-state index contributed by atoms with van der Waals surface area (Å²) in [5.74, 6) is 3.38. The number of aromatic hydroxyl groups is 1. The molecule has 0 aliphatic heterocycles. The summed E-state index contributed by atoms with van der Waals surface area (Å²) >= 11 is 5.98. The summed E-state index contributed by atoms with van der Waals surface area (Å²) in [5, 5.41) is 10.5. The molecule has 2 aromatic heterocycles. The van der Waals surface area contributed by atoms with E-state index in [0.29, 0.717) is 10.6 Å². The highest BCUT2D eigenvalue weighted by Gasteiger charge is 2.23. The van der Waals surface area contributed by atoms with Gasteiger partial charge < -0.3 is 13.9 Å². The van der Waals surface area contributed by atoms with Crippen LogP contribution in [0.5, 0.6) is 5.75 Å². The van der Waals surface area contributed by atoms with Gasteiger partial charge in [-0.15, -0.1) is 0 Å². The van der Waals surface area contributed by atoms with E-state index < -0.39 is 0 Å². The molecule has 0 radical (unpaired) electrons. The summed E-state index contributed by atoms with van der Waals surface area (Å²) in [7, 11) is 0. The van der Waals surface area contributed by atoms with Crippen LogP contribution in [0.15, 0.2) is 80.6 Å². The summed E-state index contributed by atoms with van der Waals surface area (Å²) in [6.07, 6.45) is 1.60. The average molecular weight is 406 g/mol. The zero-order chi connectivity index (χ0) is 20.4. The number of hydrogen-bond acceptors (Lipinski definition) is 4. The maximum Gasteiger partial charge on any atom is 0.124 e. The maximum atomic E-state index is 9.92. The molecule has 29 heavy (non-hydrogen) atoms. The van der Waals surface area contributed by atoms with Gasteiger partial charge in [-0.05, 0) is 74.0 Å². The Balaban J connectivity index is 1.64. The van der Waals surface area contributed by atoms with E-state index in [1.54, 1.807) is 24.4 Å². The summed E-state index contributed by atoms with van der Waals surface area (Å²) in [6.45, 7) is 3.86. The second-order valence-corrected chi connectivity index (χ2v) is 7.32. The molecule has 146 valence electrons. The number of phenols is 1. The molecule has 4 nitrogen and oxygen atoms in total. The number of aliphatic imine (C=N–C) groups is 1. The van der Waals surface area contributed by atoms with Crippen molar-refractivity contribution in [2.24, 2.45) is 4.99 Å². The Labute approximate surface area is 174 Å². The lowest BCUT2D eigenvalue weighted by Crippen LogP contribution is -2.00. The number of furan rings is 2. The fraction of sp³-hybridized carbons (Fsp3) is 0.125. The van der Waals surface area contributed by atoms with Crippen LogP contribution in [0, 0.1) is 13.8 Å². The van der Waals surface area contributed by atoms with Gasteiger partial charge in [-0.1, -0.05) is 23.7 Å². The lowest BCUT2D eigenvalue weighted by molar-refractivity contribution is 0.428. The molecule has 2 heterocycles. The largest absolute Gasteiger partial charge is 0.507 e. The molecule has 4 aromatic rings. The van der Waals surface area contributed by atoms with Crippen molar-refractivity contribution in [3.63, 3.8) is 0 Å². The Morgan fingerprint density at radius 1 is 0.862 bits per heavy atom. The van der Waals surface area contributed by atoms with Gasteiger partial charge in [-0.3, -0.25) is 4.99 Å². The van der Waals surface area contributed by atoms with Crippen LogP contribution in [0.2, 0.25) is 5.02 Å². The van der Waals surface area contributed by atoms with Crippen molar-refractivity contribution in [2.45, 2.75) is 19.8 Å². The van der Waals surface area contributed by atoms with Crippen molar-refractivity contribution in [3.05, 3.63) is 106 Å². The van der Waals surface area contributed by atoms with Gasteiger partial charge in [-0.2, -0.15) is 0 Å². The molecular weight excluding hydrogens is 386 g/mol. The molecule has 2 aromatic carbocycles. The molecule has 0 spiro atoms. The van der Waals surface area contributed by atoms with Gasteiger partial charge in [-0.25, -0.2) is 0 Å². The second kappa shape index (κ2) is 8.02. The van der Waals surface area contributed by atoms with Crippen molar-refractivity contribution in [1.29, 1.82) is 0 Å². The molecule has 0 fully saturated rings. The standard InChI is InChI=1S/C24H20ClNO3/c1-15-3-11-22(28-15)24(23-12-4-16(2)29-23)17-5-8-20(9-6-17)26-14-18-13-19(25)7-10-21(18)27/h3-14,24,27H,1-2H3. The van der Waals surface area contributed by atoms with Crippen LogP contribution in [-0.4, -0.2) is 11.3 Å². The maximum absolute atomic E-state index is 9.92. The molecule has 0 saturated heterocycles. The number of aryl methyl sites for hydroxylation is 2. The number of phenolic OH excluding ortho intramolecular Hbond substituents is 1. The first-order valence-electron chi connectivity index (χ1n) is 9.25. The molecule has 1 N–H and O–H groups in total. The molecule has 0 aliphatic rings. The highest BCUT2D eigenvalue weighted by molar-refractivity contribution is 6.30. The second-order valence-electron chi connectivity index (χ2n) is 6.88. The third kappa shape index (κ3) is 4.28. The fourth-order valence-corrected chi connectivity index (χ4v) is 3.39. The van der Waals surface area contributed by atoms with Gasteiger partial charge in [0.1, 0.15) is 34.7 Å². The first kappa shape index (κ1) is 19.1. The Morgan fingerprint density at radius 3 is 2.03 bits per heavy atom. The van der Waals surface area contributed by atoms with Crippen LogP contribution in [0.25, 0.3) is 0 Å². The number of halogens is 1. The predicted molar refractivity (Wildman–Crippen MR) is 115 cm³/mol. The Kier molecular flexibility index (Phi) is 5.28. The Hall–Kier alpha value is -3.24. The van der Waals surface area contributed by atoms with Gasteiger partial charge in [0.25, 0.3) is 0 Å². The van der Waals surface area contributed by atoms with Crippen LogP contribution in [0.1, 0.15) is 40.1 Å². The minimum atomic E-state index is -0.132. The Bertz CT molecular complexity index is 1110. The van der Waals surface area contributed by atoms with Gasteiger partial charge in [0.15, 0.2) is 0 Å². The van der Waals surface area contributed by atoms with Crippen LogP contribution < -0.4 is 0 Å². The molecule has 4 rings (SSSR count). The zero-order valence-corrected chi connectivity index (χ0v) is 16.9. The topological polar surface area (TPSA) is 58.9 Å². The molecule has 0 amide bonds. The number of hydrogen-bond donors (Lipinski definition) is 1. The minimum absolute atomic E-state index is 0.132. The lowest BCUT2D eigenvalue weighted by Gasteiger charge is -2.13. The molecule has 5 heteroatoms. The van der Waals surface area contributed by atoms with E-state index in [0.717, 1.165) is 34.3 Å². The Morgan fingerprint density at radius 2 is 1.48 bits per heavy atom. The van der Waals surface area contributed by atoms with Gasteiger partial charge in [0.2, 0.25) is 0 Å². The van der Waals surface area contributed by atoms with E-state index in [2.05, 4.69) is 4.99 Å². The van der Waals surface area contributed by atoms with Gasteiger partial charge in [0.05, 0.1) is 5.69 Å². The molecule has 0 unspecified atom stereocenters. The third-order valence-electron chi connectivity index (χ3n) is 4.66. The van der Waals surface area contributed by atoms with E-state index in [1.807, 2.05) is 62.4 Å². The van der Waals surface area contributed by atoms with Crippen molar-refractivity contribution in [2.75, 3.05) is 0 Å². The monoisotopic (exact) mass is 405 g/mol. The van der Waals surface area contributed by atoms with Gasteiger partial charge in [0, 0.05) is 16.8 Å². The van der Waals surface area contributed by atoms with E-state index >= 15 is 0 Å². The highest BCUT2D eigenvalue weighted by atomic mass is 35.5. The van der Waals surface area contributed by atoms with E-state index in [4.69, 9.17) is 20.4 Å². The normalized spacial score (nSPS) is 11.6. The molecular formula is C24H20ClNO3. The first-order valence-corrected chi connectivity index (χ1v) is 9.62. The molecule has 0 bridgehead atoms. The van der Waals surface area contributed by atoms with Crippen molar-refractivity contribution in [3.8, 4) is 5.75 Å². The highest BCUT2D eigenvalue weighted by Crippen LogP contribution is 2.35. The van der Waals surface area contributed by atoms with E-state index in [-0.39, 0.29) is 11.7 Å². The van der Waals surface area contributed by atoms with Crippen LogP contribution in [-0.2, 0) is 0 Å². The van der Waals surface area contributed by atoms with Crippen molar-refractivity contribution < 1.29 is 13.9 Å². The summed E-state index contributed by atoms with van der Waals surface area (Å²) in [4.78, 5) is 4.44. The smallest absolute Gasteiger partial charge is 0.124 e. The molecule has 0 atom stereocenters. The van der Waals surface area contributed by atoms with Crippen LogP contribution in [0.3, 0.4) is 0 Å². The van der Waals surface area contributed by atoms with Gasteiger partial charge >= 0.3 is 0 Å². The minimum Gasteiger partial charge on any atom is -0.507 e. The van der Waals surface area contributed by atoms with Crippen LogP contribution in [0.4, 0.5) is 5.69 Å². The molecule has 0 aliphatic carbocycles. The van der Waals surface area contributed by atoms with Crippen LogP contribution >= 0.6 is 11.6 Å². The SMILES string of the molecule is Cc1ccc(C(c2ccc(N=Cc3cc(Cl)ccc3O)cc2)c2ccc(C)o2)o1. The number of nitrogens with zero attached hydrogens (tertiary/aromatic N) is 1. The first-order chi connectivity index (χ1) is 14.0. The third-order valence-corrected chi connectivity index (χ3v) is 4.90. The number of rotatable bonds is 5. The quantitative estimate of drug-likeness (QED) is 0.372. The zero-order valence-electron chi connectivity index (χ0n) is 16.1. The summed E-state index contributed by atoms with van der Waals surface area (Å²) in [6, 6.07) is 20.6. The molecule has 0 saturated carbocycles. The van der Waals surface area contributed by atoms with Crippen molar-refractivity contribution in [1.82, 2.24) is 0 Å². The van der Waals surface area contributed by atoms with E-state index in [9.17, 15) is 5.11 Å². The lowest BCUT2D eigenvalue weighted by atomic mass is 9.94. The number of benzene rings is 2. The fourth-order valence-electron chi connectivity index (χ4n) is 3.21. The summed E-state index contributed by atoms with van der Waals surface area (Å²) < 4.78 is 11.8. The predicted octanol–water partition coefficient (Wildman–Crippen LogP) is 6.78. The average Bonchev–Trinajstić information content (AvgIpc) is 3.32. The van der Waals surface area contributed by atoms with E-state index in [1.165, 1.54) is 0 Å².